The van der Waals surface area contributed by atoms with Gasteiger partial charge in [-0.15, -0.1) is 0 Å². The van der Waals surface area contributed by atoms with Crippen LogP contribution in [0, 0.1) is 0 Å². The molecule has 2 unspecified atom stereocenters. The molecule has 4 heteroatoms. The van der Waals surface area contributed by atoms with Crippen LogP contribution in [-0.2, 0) is 0 Å². The maximum absolute atomic E-state index is 3.67. The predicted octanol–water partition coefficient (Wildman–Crippen LogP) is 3.13. The number of nitrogens with one attached hydrogen (secondary N) is 1. The summed E-state index contributed by atoms with van der Waals surface area (Å²) in [6, 6.07) is 9.64. The first-order valence-electron chi connectivity index (χ1n) is 7.92. The van der Waals surface area contributed by atoms with E-state index in [1.807, 2.05) is 0 Å². The van der Waals surface area contributed by atoms with Crippen LogP contribution >= 0.6 is 15.9 Å². The number of likely N-dealkylation sites (tertiary alicyclic amines) is 1. The zero-order chi connectivity index (χ0) is 15.2. The first-order valence-corrected chi connectivity index (χ1v) is 8.71. The van der Waals surface area contributed by atoms with E-state index >= 15 is 0 Å². The SMILES string of the molecule is CNC(CCN(C)C1CCCN(C)C1)c1ccccc1Br. The van der Waals surface area contributed by atoms with Crippen molar-refractivity contribution >= 4 is 15.9 Å². The van der Waals surface area contributed by atoms with Crippen molar-refractivity contribution in [2.75, 3.05) is 40.8 Å². The fourth-order valence-corrected chi connectivity index (χ4v) is 3.79. The van der Waals surface area contributed by atoms with Crippen molar-refractivity contribution in [2.45, 2.75) is 31.3 Å². The second kappa shape index (κ2) is 8.28. The van der Waals surface area contributed by atoms with Crippen LogP contribution in [0.4, 0.5) is 0 Å². The number of hydrogen-bond donors (Lipinski definition) is 1. The summed E-state index contributed by atoms with van der Waals surface area (Å²) >= 11 is 3.67. The molecule has 0 radical (unpaired) electrons. The minimum Gasteiger partial charge on any atom is -0.313 e. The van der Waals surface area contributed by atoms with Gasteiger partial charge in [-0.3, -0.25) is 0 Å². The first-order chi connectivity index (χ1) is 10.1. The highest BCUT2D eigenvalue weighted by Crippen LogP contribution is 2.25. The van der Waals surface area contributed by atoms with Gasteiger partial charge in [-0.25, -0.2) is 0 Å². The third kappa shape index (κ3) is 4.78. The largest absolute Gasteiger partial charge is 0.313 e. The summed E-state index contributed by atoms with van der Waals surface area (Å²) in [5.41, 5.74) is 1.36. The third-order valence-electron chi connectivity index (χ3n) is 4.62. The Bertz CT molecular complexity index is 438. The van der Waals surface area contributed by atoms with Crippen LogP contribution in [0.15, 0.2) is 28.7 Å². The van der Waals surface area contributed by atoms with Crippen LogP contribution in [0.3, 0.4) is 0 Å². The molecule has 1 aromatic carbocycles. The number of piperidine rings is 1. The Morgan fingerprint density at radius 2 is 2.19 bits per heavy atom. The molecule has 2 rings (SSSR count). The van der Waals surface area contributed by atoms with Crippen molar-refractivity contribution in [1.82, 2.24) is 15.1 Å². The number of benzene rings is 1. The molecule has 0 spiro atoms. The lowest BCUT2D eigenvalue weighted by atomic mass is 10.0. The molecule has 1 N–H and O–H groups in total. The van der Waals surface area contributed by atoms with Crippen LogP contribution in [0.5, 0.6) is 0 Å². The van der Waals surface area contributed by atoms with Crippen LogP contribution in [0.25, 0.3) is 0 Å². The Kier molecular flexibility index (Phi) is 6.68. The molecular formula is C17H28BrN3. The molecule has 0 aromatic heterocycles. The minimum atomic E-state index is 0.407. The van der Waals surface area contributed by atoms with E-state index in [0.717, 1.165) is 13.0 Å². The van der Waals surface area contributed by atoms with E-state index in [2.05, 4.69) is 76.5 Å². The Balaban J connectivity index is 1.89. The number of halogens is 1. The molecule has 1 aliphatic rings. The van der Waals surface area contributed by atoms with Crippen molar-refractivity contribution in [3.8, 4) is 0 Å². The molecule has 0 amide bonds. The van der Waals surface area contributed by atoms with Crippen molar-refractivity contribution in [1.29, 1.82) is 0 Å². The van der Waals surface area contributed by atoms with E-state index in [1.165, 1.54) is 36.0 Å². The van der Waals surface area contributed by atoms with E-state index in [-0.39, 0.29) is 0 Å². The highest BCUT2D eigenvalue weighted by Gasteiger charge is 2.22. The maximum atomic E-state index is 3.67. The van der Waals surface area contributed by atoms with Crippen molar-refractivity contribution < 1.29 is 0 Å². The summed E-state index contributed by atoms with van der Waals surface area (Å²) in [5.74, 6) is 0. The number of rotatable bonds is 6. The zero-order valence-electron chi connectivity index (χ0n) is 13.5. The zero-order valence-corrected chi connectivity index (χ0v) is 15.1. The lowest BCUT2D eigenvalue weighted by Crippen LogP contribution is -2.45. The topological polar surface area (TPSA) is 18.5 Å². The monoisotopic (exact) mass is 353 g/mol. The average Bonchev–Trinajstić information content (AvgIpc) is 2.49. The Morgan fingerprint density at radius 1 is 1.43 bits per heavy atom. The van der Waals surface area contributed by atoms with Crippen molar-refractivity contribution in [3.63, 3.8) is 0 Å². The average molecular weight is 354 g/mol. The highest BCUT2D eigenvalue weighted by atomic mass is 79.9. The molecule has 1 aromatic rings. The van der Waals surface area contributed by atoms with E-state index in [9.17, 15) is 0 Å². The van der Waals surface area contributed by atoms with E-state index in [1.54, 1.807) is 0 Å². The molecule has 1 heterocycles. The molecule has 1 saturated heterocycles. The predicted molar refractivity (Wildman–Crippen MR) is 93.7 cm³/mol. The third-order valence-corrected chi connectivity index (χ3v) is 5.34. The van der Waals surface area contributed by atoms with Crippen LogP contribution < -0.4 is 5.32 Å². The van der Waals surface area contributed by atoms with Gasteiger partial charge >= 0.3 is 0 Å². The second-order valence-electron chi connectivity index (χ2n) is 6.19. The molecular weight excluding hydrogens is 326 g/mol. The summed E-state index contributed by atoms with van der Waals surface area (Å²) < 4.78 is 1.20. The second-order valence-corrected chi connectivity index (χ2v) is 7.04. The standard InChI is InChI=1S/C17H28BrN3/c1-19-17(15-8-4-5-9-16(15)18)10-12-21(3)14-7-6-11-20(2)13-14/h4-5,8-9,14,17,19H,6-7,10-13H2,1-3H3. The maximum Gasteiger partial charge on any atom is 0.0340 e. The highest BCUT2D eigenvalue weighted by molar-refractivity contribution is 9.10. The summed E-state index contributed by atoms with van der Waals surface area (Å²) in [5, 5.41) is 3.46. The Hall–Kier alpha value is -0.420. The molecule has 1 fully saturated rings. The molecule has 3 nitrogen and oxygen atoms in total. The first kappa shape index (κ1) is 16.9. The van der Waals surface area contributed by atoms with Gasteiger partial charge in [-0.2, -0.15) is 0 Å². The van der Waals surface area contributed by atoms with Crippen LogP contribution in [0.2, 0.25) is 0 Å². The molecule has 2 atom stereocenters. The molecule has 1 aliphatic heterocycles. The summed E-state index contributed by atoms with van der Waals surface area (Å²) in [7, 11) is 6.56. The smallest absolute Gasteiger partial charge is 0.0340 e. The molecule has 0 bridgehead atoms. The van der Waals surface area contributed by atoms with Gasteiger partial charge in [0.1, 0.15) is 0 Å². The molecule has 21 heavy (non-hydrogen) atoms. The number of nitrogens with zero attached hydrogens (tertiary/aromatic N) is 2. The van der Waals surface area contributed by atoms with Crippen LogP contribution in [0.1, 0.15) is 30.9 Å². The lowest BCUT2D eigenvalue weighted by molar-refractivity contribution is 0.131. The van der Waals surface area contributed by atoms with Crippen LogP contribution in [-0.4, -0.2) is 56.6 Å². The minimum absolute atomic E-state index is 0.407. The Labute approximate surface area is 137 Å². The van der Waals surface area contributed by atoms with E-state index < -0.39 is 0 Å². The van der Waals surface area contributed by atoms with Gasteiger partial charge in [0.2, 0.25) is 0 Å². The summed E-state index contributed by atoms with van der Waals surface area (Å²) in [6.07, 6.45) is 3.79. The fourth-order valence-electron chi connectivity index (χ4n) is 3.23. The van der Waals surface area contributed by atoms with Gasteiger partial charge in [0.15, 0.2) is 0 Å². The van der Waals surface area contributed by atoms with Gasteiger partial charge in [0, 0.05) is 23.1 Å². The van der Waals surface area contributed by atoms with Crippen molar-refractivity contribution in [2.24, 2.45) is 0 Å². The van der Waals surface area contributed by atoms with Gasteiger partial charge in [-0.1, -0.05) is 34.1 Å². The van der Waals surface area contributed by atoms with Gasteiger partial charge in [0.25, 0.3) is 0 Å². The number of likely N-dealkylation sites (N-methyl/N-ethyl adjacent to an activating group) is 2. The van der Waals surface area contributed by atoms with E-state index in [4.69, 9.17) is 0 Å². The molecule has 0 aliphatic carbocycles. The Morgan fingerprint density at radius 3 is 2.86 bits per heavy atom. The molecule has 0 saturated carbocycles. The number of hydrogen-bond acceptors (Lipinski definition) is 3. The van der Waals surface area contributed by atoms with Gasteiger partial charge in [0.05, 0.1) is 0 Å². The normalized spacial score (nSPS) is 21.7. The lowest BCUT2D eigenvalue weighted by Gasteiger charge is -2.36. The van der Waals surface area contributed by atoms with Gasteiger partial charge < -0.3 is 15.1 Å². The van der Waals surface area contributed by atoms with E-state index in [0.29, 0.717) is 12.1 Å². The van der Waals surface area contributed by atoms with Crippen molar-refractivity contribution in [3.05, 3.63) is 34.3 Å². The van der Waals surface area contributed by atoms with Gasteiger partial charge in [-0.05, 0) is 65.1 Å². The quantitative estimate of drug-likeness (QED) is 0.847. The summed E-state index contributed by atoms with van der Waals surface area (Å²) in [4.78, 5) is 4.99. The summed E-state index contributed by atoms with van der Waals surface area (Å²) in [6.45, 7) is 3.58. The molecule has 118 valence electrons. The fraction of sp³-hybridized carbons (Fsp3) is 0.647.